The standard InChI is InChI=1S/C8H12F3NO3/c1-3-4-12(5-13)7(2,6(14)15)8(9,10)11/h5H,3-4H2,1-2H3,(H,14,15). The molecule has 0 heterocycles. The molecule has 0 aromatic heterocycles. The minimum atomic E-state index is -5.01. The Bertz CT molecular complexity index is 254. The fraction of sp³-hybridized carbons (Fsp3) is 0.750. The first-order valence-corrected chi connectivity index (χ1v) is 4.24. The third-order valence-electron chi connectivity index (χ3n) is 2.13. The zero-order valence-electron chi connectivity index (χ0n) is 8.34. The molecule has 0 aromatic carbocycles. The van der Waals surface area contributed by atoms with Crippen LogP contribution in [0.2, 0.25) is 0 Å². The predicted octanol–water partition coefficient (Wildman–Crippen LogP) is 1.26. The molecule has 0 rings (SSSR count). The van der Waals surface area contributed by atoms with Gasteiger partial charge in [0.05, 0.1) is 0 Å². The molecular weight excluding hydrogens is 215 g/mol. The number of amides is 1. The highest BCUT2D eigenvalue weighted by Crippen LogP contribution is 2.35. The Hall–Kier alpha value is -1.27. The van der Waals surface area contributed by atoms with Crippen LogP contribution in [-0.4, -0.2) is 40.6 Å². The first-order chi connectivity index (χ1) is 6.71. The normalized spacial score (nSPS) is 15.5. The number of carboxylic acids is 1. The first kappa shape index (κ1) is 13.7. The van der Waals surface area contributed by atoms with Gasteiger partial charge in [-0.3, -0.25) is 4.79 Å². The van der Waals surface area contributed by atoms with E-state index in [-0.39, 0.29) is 24.3 Å². The summed E-state index contributed by atoms with van der Waals surface area (Å²) < 4.78 is 37.6. The molecule has 0 radical (unpaired) electrons. The second-order valence-corrected chi connectivity index (χ2v) is 3.17. The van der Waals surface area contributed by atoms with Gasteiger partial charge in [0.15, 0.2) is 0 Å². The van der Waals surface area contributed by atoms with Gasteiger partial charge in [-0.25, -0.2) is 4.79 Å². The average Bonchev–Trinajstić information content (AvgIpc) is 2.10. The summed E-state index contributed by atoms with van der Waals surface area (Å²) in [5.41, 5.74) is -3.16. The third kappa shape index (κ3) is 2.40. The molecule has 1 atom stereocenters. The molecule has 0 aliphatic heterocycles. The van der Waals surface area contributed by atoms with Crippen LogP contribution >= 0.6 is 0 Å². The second-order valence-electron chi connectivity index (χ2n) is 3.17. The van der Waals surface area contributed by atoms with Crippen LogP contribution < -0.4 is 0 Å². The Balaban J connectivity index is 5.26. The van der Waals surface area contributed by atoms with Gasteiger partial charge in [-0.15, -0.1) is 0 Å². The predicted molar refractivity (Wildman–Crippen MR) is 45.2 cm³/mol. The largest absolute Gasteiger partial charge is 0.479 e. The summed E-state index contributed by atoms with van der Waals surface area (Å²) in [6.45, 7) is 1.76. The number of carbonyl (C=O) groups is 2. The molecule has 0 aliphatic rings. The average molecular weight is 227 g/mol. The van der Waals surface area contributed by atoms with Gasteiger partial charge in [-0.2, -0.15) is 13.2 Å². The van der Waals surface area contributed by atoms with Gasteiger partial charge in [-0.1, -0.05) is 6.92 Å². The van der Waals surface area contributed by atoms with Crippen molar-refractivity contribution in [1.82, 2.24) is 4.90 Å². The van der Waals surface area contributed by atoms with Gasteiger partial charge >= 0.3 is 12.1 Å². The monoisotopic (exact) mass is 227 g/mol. The molecule has 1 unspecified atom stereocenters. The number of rotatable bonds is 5. The smallest absolute Gasteiger partial charge is 0.422 e. The quantitative estimate of drug-likeness (QED) is 0.719. The van der Waals surface area contributed by atoms with Gasteiger partial charge in [-0.05, 0) is 13.3 Å². The number of carboxylic acid groups (broad SMARTS) is 1. The minimum Gasteiger partial charge on any atom is -0.479 e. The fourth-order valence-electron chi connectivity index (χ4n) is 1.03. The van der Waals surface area contributed by atoms with Crippen LogP contribution in [0.4, 0.5) is 13.2 Å². The maximum Gasteiger partial charge on any atom is 0.422 e. The van der Waals surface area contributed by atoms with E-state index >= 15 is 0 Å². The van der Waals surface area contributed by atoms with E-state index in [9.17, 15) is 22.8 Å². The van der Waals surface area contributed by atoms with Crippen LogP contribution in [0.5, 0.6) is 0 Å². The second kappa shape index (κ2) is 4.50. The van der Waals surface area contributed by atoms with Crippen molar-refractivity contribution in [1.29, 1.82) is 0 Å². The fourth-order valence-corrected chi connectivity index (χ4v) is 1.03. The molecular formula is C8H12F3NO3. The third-order valence-corrected chi connectivity index (χ3v) is 2.13. The number of alkyl halides is 3. The number of nitrogens with zero attached hydrogens (tertiary/aromatic N) is 1. The summed E-state index contributed by atoms with van der Waals surface area (Å²) in [6, 6.07) is 0. The molecule has 0 saturated carbocycles. The van der Waals surface area contributed by atoms with Crippen LogP contribution in [0, 0.1) is 0 Å². The lowest BCUT2D eigenvalue weighted by molar-refractivity contribution is -0.229. The Morgan fingerprint density at radius 3 is 2.13 bits per heavy atom. The molecule has 88 valence electrons. The van der Waals surface area contributed by atoms with Crippen LogP contribution in [0.15, 0.2) is 0 Å². The number of carbonyl (C=O) groups excluding carboxylic acids is 1. The van der Waals surface area contributed by atoms with Gasteiger partial charge in [0, 0.05) is 6.54 Å². The summed E-state index contributed by atoms with van der Waals surface area (Å²) in [7, 11) is 0. The molecule has 0 bridgehead atoms. The highest BCUT2D eigenvalue weighted by Gasteiger charge is 2.60. The Labute approximate surface area is 84.7 Å². The summed E-state index contributed by atoms with van der Waals surface area (Å²) in [5.74, 6) is -2.09. The van der Waals surface area contributed by atoms with E-state index in [2.05, 4.69) is 0 Å². The molecule has 0 spiro atoms. The van der Waals surface area contributed by atoms with E-state index in [0.717, 1.165) is 0 Å². The lowest BCUT2D eigenvalue weighted by Crippen LogP contribution is -2.61. The Kier molecular flexibility index (Phi) is 4.12. The Morgan fingerprint density at radius 2 is 1.93 bits per heavy atom. The minimum absolute atomic E-state index is 0.0922. The van der Waals surface area contributed by atoms with Crippen LogP contribution in [0.3, 0.4) is 0 Å². The summed E-state index contributed by atoms with van der Waals surface area (Å²) >= 11 is 0. The molecule has 15 heavy (non-hydrogen) atoms. The number of aliphatic carboxylic acids is 1. The van der Waals surface area contributed by atoms with E-state index in [1.807, 2.05) is 0 Å². The van der Waals surface area contributed by atoms with Crippen molar-refractivity contribution in [2.45, 2.75) is 32.0 Å². The van der Waals surface area contributed by atoms with Crippen molar-refractivity contribution in [2.24, 2.45) is 0 Å². The van der Waals surface area contributed by atoms with E-state index < -0.39 is 17.7 Å². The van der Waals surface area contributed by atoms with E-state index in [1.165, 1.54) is 0 Å². The first-order valence-electron chi connectivity index (χ1n) is 4.24. The molecule has 4 nitrogen and oxygen atoms in total. The van der Waals surface area contributed by atoms with Crippen molar-refractivity contribution < 1.29 is 27.9 Å². The highest BCUT2D eigenvalue weighted by molar-refractivity contribution is 5.82. The highest BCUT2D eigenvalue weighted by atomic mass is 19.4. The van der Waals surface area contributed by atoms with Crippen LogP contribution in [0.25, 0.3) is 0 Å². The van der Waals surface area contributed by atoms with Gasteiger partial charge in [0.2, 0.25) is 11.9 Å². The summed E-state index contributed by atoms with van der Waals surface area (Å²) in [6.07, 6.45) is -4.85. The summed E-state index contributed by atoms with van der Waals surface area (Å²) in [4.78, 5) is 21.3. The van der Waals surface area contributed by atoms with E-state index in [0.29, 0.717) is 6.92 Å². The maximum absolute atomic E-state index is 12.5. The van der Waals surface area contributed by atoms with Crippen LogP contribution in [-0.2, 0) is 9.59 Å². The summed E-state index contributed by atoms with van der Waals surface area (Å²) in [5, 5.41) is 8.58. The lowest BCUT2D eigenvalue weighted by Gasteiger charge is -2.36. The van der Waals surface area contributed by atoms with Crippen molar-refractivity contribution in [3.63, 3.8) is 0 Å². The van der Waals surface area contributed by atoms with Crippen molar-refractivity contribution in [2.75, 3.05) is 6.54 Å². The Morgan fingerprint density at radius 1 is 1.47 bits per heavy atom. The zero-order valence-corrected chi connectivity index (χ0v) is 8.34. The topological polar surface area (TPSA) is 57.6 Å². The number of hydrogen-bond donors (Lipinski definition) is 1. The lowest BCUT2D eigenvalue weighted by atomic mass is 9.99. The van der Waals surface area contributed by atoms with Crippen LogP contribution in [0.1, 0.15) is 20.3 Å². The zero-order chi connectivity index (χ0) is 12.3. The van der Waals surface area contributed by atoms with Gasteiger partial charge in [0.25, 0.3) is 0 Å². The molecule has 1 N–H and O–H groups in total. The number of halogens is 3. The molecule has 1 amide bonds. The number of hydrogen-bond acceptors (Lipinski definition) is 2. The molecule has 0 saturated heterocycles. The van der Waals surface area contributed by atoms with E-state index in [1.54, 1.807) is 6.92 Å². The van der Waals surface area contributed by atoms with Crippen molar-refractivity contribution in [3.05, 3.63) is 0 Å². The molecule has 0 aliphatic carbocycles. The SMILES string of the molecule is CCCN(C=O)C(C)(C(=O)O)C(F)(F)F. The van der Waals surface area contributed by atoms with Crippen molar-refractivity contribution >= 4 is 12.4 Å². The van der Waals surface area contributed by atoms with Crippen molar-refractivity contribution in [3.8, 4) is 0 Å². The molecule has 0 aromatic rings. The van der Waals surface area contributed by atoms with Gasteiger partial charge in [0.1, 0.15) is 0 Å². The molecule has 7 heteroatoms. The molecule has 0 fully saturated rings. The maximum atomic E-state index is 12.5. The van der Waals surface area contributed by atoms with Gasteiger partial charge < -0.3 is 10.0 Å². The van der Waals surface area contributed by atoms with E-state index in [4.69, 9.17) is 5.11 Å².